The van der Waals surface area contributed by atoms with Crippen LogP contribution in [0.2, 0.25) is 0 Å². The van der Waals surface area contributed by atoms with Crippen LogP contribution in [0.3, 0.4) is 0 Å². The van der Waals surface area contributed by atoms with Gasteiger partial charge in [0.1, 0.15) is 0 Å². The number of hydrogen-bond acceptors (Lipinski definition) is 2. The van der Waals surface area contributed by atoms with Crippen LogP contribution in [-0.2, 0) is 3.07 Å². The van der Waals surface area contributed by atoms with Crippen molar-refractivity contribution < 1.29 is 7.86 Å². The molecule has 1 aromatic carbocycles. The van der Waals surface area contributed by atoms with Crippen molar-refractivity contribution in [2.24, 2.45) is 0 Å². The van der Waals surface area contributed by atoms with Gasteiger partial charge in [-0.3, -0.25) is 0 Å². The third-order valence-corrected chi connectivity index (χ3v) is 5.79. The molecular weight excluding hydrogens is 295 g/mol. The second kappa shape index (κ2) is 3.52. The molecule has 0 spiro atoms. The van der Waals surface area contributed by atoms with Crippen LogP contribution in [0.25, 0.3) is 0 Å². The fourth-order valence-corrected chi connectivity index (χ4v) is 4.60. The van der Waals surface area contributed by atoms with Crippen molar-refractivity contribution in [1.29, 1.82) is 0 Å². The molecule has 2 nitrogen and oxygen atoms in total. The van der Waals surface area contributed by atoms with Gasteiger partial charge in [0.15, 0.2) is 0 Å². The Bertz CT molecular complexity index is 419. The van der Waals surface area contributed by atoms with Crippen molar-refractivity contribution in [2.75, 3.05) is 0 Å². The molecule has 0 bridgehead atoms. The topological polar surface area (TPSA) is 26.3 Å². The number of carbonyl (C=O) groups excluding carboxylic acids is 1. The van der Waals surface area contributed by atoms with Gasteiger partial charge in [-0.15, -0.1) is 0 Å². The third-order valence-electron chi connectivity index (χ3n) is 1.56. The standard InChI is InChI=1S/C9H4IO2Si/c11-9-7-3-1-2-4-8(7)10(12-9)5-6-13/h1-4H. The molecule has 2 rings (SSSR count). The summed E-state index contributed by atoms with van der Waals surface area (Å²) in [5.41, 5.74) is 3.30. The fourth-order valence-electron chi connectivity index (χ4n) is 1.04. The number of halogens is 1. The quantitative estimate of drug-likeness (QED) is 0.413. The first kappa shape index (κ1) is 8.78. The van der Waals surface area contributed by atoms with Crippen LogP contribution in [0.15, 0.2) is 24.3 Å². The predicted molar refractivity (Wildman–Crippen MR) is 58.1 cm³/mol. The van der Waals surface area contributed by atoms with Crippen molar-refractivity contribution in [3.63, 3.8) is 0 Å². The summed E-state index contributed by atoms with van der Waals surface area (Å²) < 4.78 is 9.10. The fraction of sp³-hybridized carbons (Fsp3) is 0. The zero-order valence-corrected chi connectivity index (χ0v) is 9.66. The summed E-state index contributed by atoms with van der Waals surface area (Å²) in [4.78, 5) is 11.3. The summed E-state index contributed by atoms with van der Waals surface area (Å²) in [6.45, 7) is 0. The van der Waals surface area contributed by atoms with E-state index in [1.165, 1.54) is 0 Å². The van der Waals surface area contributed by atoms with Crippen LogP contribution in [0.5, 0.6) is 0 Å². The van der Waals surface area contributed by atoms with Gasteiger partial charge in [-0.1, -0.05) is 0 Å². The summed E-state index contributed by atoms with van der Waals surface area (Å²) in [6.07, 6.45) is 0. The molecule has 1 aliphatic rings. The van der Waals surface area contributed by atoms with Gasteiger partial charge in [0.25, 0.3) is 0 Å². The van der Waals surface area contributed by atoms with E-state index in [0.717, 1.165) is 3.57 Å². The van der Waals surface area contributed by atoms with Gasteiger partial charge in [0, 0.05) is 0 Å². The van der Waals surface area contributed by atoms with Crippen molar-refractivity contribution in [3.05, 3.63) is 33.4 Å². The van der Waals surface area contributed by atoms with Crippen LogP contribution in [0.1, 0.15) is 10.4 Å². The summed E-state index contributed by atoms with van der Waals surface area (Å²) in [7, 11) is 3.06. The van der Waals surface area contributed by atoms with E-state index in [2.05, 4.69) is 19.7 Å². The Kier molecular flexibility index (Phi) is 2.37. The van der Waals surface area contributed by atoms with E-state index < -0.39 is 20.2 Å². The van der Waals surface area contributed by atoms with Gasteiger partial charge in [-0.2, -0.15) is 0 Å². The number of hydrogen-bond donors (Lipinski definition) is 0. The predicted octanol–water partition coefficient (Wildman–Crippen LogP) is 1.53. The number of carbonyl (C=O) groups is 1. The molecule has 0 aliphatic carbocycles. The normalized spacial score (nSPS) is 15.8. The molecule has 63 valence electrons. The Morgan fingerprint density at radius 2 is 2.15 bits per heavy atom. The van der Waals surface area contributed by atoms with Crippen LogP contribution in [0, 0.1) is 13.0 Å². The molecule has 3 radical (unpaired) electrons. The molecule has 0 saturated carbocycles. The molecule has 4 heteroatoms. The van der Waals surface area contributed by atoms with E-state index >= 15 is 0 Å². The molecule has 1 heterocycles. The van der Waals surface area contributed by atoms with Crippen LogP contribution >= 0.6 is 20.2 Å². The number of benzene rings is 1. The van der Waals surface area contributed by atoms with E-state index in [-0.39, 0.29) is 5.97 Å². The Labute approximate surface area is 87.0 Å². The Balaban J connectivity index is 2.51. The van der Waals surface area contributed by atoms with Gasteiger partial charge in [0.05, 0.1) is 0 Å². The molecule has 0 amide bonds. The van der Waals surface area contributed by atoms with E-state index in [9.17, 15) is 4.79 Å². The van der Waals surface area contributed by atoms with Crippen LogP contribution in [-0.4, -0.2) is 16.2 Å². The first-order valence-electron chi connectivity index (χ1n) is 3.52. The molecule has 0 saturated heterocycles. The van der Waals surface area contributed by atoms with Crippen molar-refractivity contribution in [2.45, 2.75) is 0 Å². The second-order valence-electron chi connectivity index (χ2n) is 2.31. The van der Waals surface area contributed by atoms with Crippen LogP contribution in [0.4, 0.5) is 0 Å². The monoisotopic (exact) mass is 299 g/mol. The average Bonchev–Trinajstić information content (AvgIpc) is 2.46. The molecule has 1 aliphatic heterocycles. The summed E-state index contributed by atoms with van der Waals surface area (Å²) in [6, 6.07) is 7.44. The number of rotatable bonds is 0. The van der Waals surface area contributed by atoms with E-state index in [4.69, 9.17) is 3.07 Å². The van der Waals surface area contributed by atoms with E-state index in [1.54, 1.807) is 6.07 Å². The molecular formula is C9H4IO2Si. The summed E-state index contributed by atoms with van der Waals surface area (Å²) in [5, 5.41) is 0. The van der Waals surface area contributed by atoms with Crippen molar-refractivity contribution in [3.8, 4) is 9.47 Å². The first-order chi connectivity index (χ1) is 6.33. The molecule has 13 heavy (non-hydrogen) atoms. The Morgan fingerprint density at radius 1 is 1.38 bits per heavy atom. The summed E-state index contributed by atoms with van der Waals surface area (Å²) in [5.74, 6) is -0.227. The average molecular weight is 299 g/mol. The zero-order valence-electron chi connectivity index (χ0n) is 6.50. The summed E-state index contributed by atoms with van der Waals surface area (Å²) >= 11 is -1.97. The molecule has 0 atom stereocenters. The molecule has 0 aromatic heterocycles. The minimum absolute atomic E-state index is 0.227. The van der Waals surface area contributed by atoms with Gasteiger partial charge in [-0.25, -0.2) is 0 Å². The first-order valence-corrected chi connectivity index (χ1v) is 7.06. The Hall–Kier alpha value is -0.803. The van der Waals surface area contributed by atoms with Crippen molar-refractivity contribution in [1.82, 2.24) is 0 Å². The zero-order chi connectivity index (χ0) is 9.26. The van der Waals surface area contributed by atoms with Crippen molar-refractivity contribution >= 4 is 36.4 Å². The Morgan fingerprint density at radius 3 is 2.92 bits per heavy atom. The second-order valence-corrected chi connectivity index (χ2v) is 6.12. The molecule has 1 aromatic rings. The van der Waals surface area contributed by atoms with Crippen LogP contribution < -0.4 is 0 Å². The van der Waals surface area contributed by atoms with Gasteiger partial charge >= 0.3 is 87.2 Å². The van der Waals surface area contributed by atoms with E-state index in [0.29, 0.717) is 5.56 Å². The van der Waals surface area contributed by atoms with E-state index in [1.807, 2.05) is 18.2 Å². The molecule has 0 unspecified atom stereocenters. The molecule has 0 N–H and O–H groups in total. The molecule has 0 fully saturated rings. The third kappa shape index (κ3) is 1.49. The minimum atomic E-state index is -1.97. The van der Waals surface area contributed by atoms with Gasteiger partial charge in [0.2, 0.25) is 0 Å². The number of fused-ring (bicyclic) bond motifs is 1. The van der Waals surface area contributed by atoms with Gasteiger partial charge in [-0.05, 0) is 0 Å². The maximum absolute atomic E-state index is 11.3. The maximum atomic E-state index is 11.3. The van der Waals surface area contributed by atoms with Gasteiger partial charge < -0.3 is 0 Å². The SMILES string of the molecule is O=C1OI(C#C[Si])c2ccccc21.